The van der Waals surface area contributed by atoms with Crippen molar-refractivity contribution in [2.24, 2.45) is 0 Å². The van der Waals surface area contributed by atoms with Crippen LogP contribution in [-0.4, -0.2) is 33.9 Å². The smallest absolute Gasteiger partial charge is 0.144 e. The Morgan fingerprint density at radius 1 is 1.38 bits per heavy atom. The molecule has 1 rings (SSSR count). The molecule has 0 amide bonds. The van der Waals surface area contributed by atoms with Crippen LogP contribution in [0.25, 0.3) is 0 Å². The van der Waals surface area contributed by atoms with Crippen molar-refractivity contribution in [3.05, 3.63) is 18.2 Å². The number of hydrogen-bond acceptors (Lipinski definition) is 4. The van der Waals surface area contributed by atoms with E-state index in [4.69, 9.17) is 15.2 Å². The molecule has 90 valence electrons. The first-order valence-corrected chi connectivity index (χ1v) is 5.27. The van der Waals surface area contributed by atoms with Gasteiger partial charge in [-0.2, -0.15) is 0 Å². The monoisotopic (exact) mass is 224 g/mol. The highest BCUT2D eigenvalue weighted by molar-refractivity contribution is 5.61. The first kappa shape index (κ1) is 12.6. The fourth-order valence-electron chi connectivity index (χ4n) is 1.20. The van der Waals surface area contributed by atoms with E-state index < -0.39 is 0 Å². The Bertz CT molecular complexity index is 340. The van der Waals surface area contributed by atoms with Crippen molar-refractivity contribution >= 4 is 11.4 Å². The lowest BCUT2D eigenvalue weighted by molar-refractivity contribution is 0.0720. The minimum absolute atomic E-state index is 0.0578. The van der Waals surface area contributed by atoms with Gasteiger partial charge in [-0.15, -0.1) is 0 Å². The van der Waals surface area contributed by atoms with E-state index in [2.05, 4.69) is 0 Å². The van der Waals surface area contributed by atoms with Gasteiger partial charge in [-0.3, -0.25) is 0 Å². The van der Waals surface area contributed by atoms with Crippen molar-refractivity contribution in [2.45, 2.75) is 13.0 Å². The maximum atomic E-state index is 5.83. The highest BCUT2D eigenvalue weighted by atomic mass is 16.5. The molecule has 4 heteroatoms. The van der Waals surface area contributed by atoms with Gasteiger partial charge < -0.3 is 20.1 Å². The van der Waals surface area contributed by atoms with Crippen LogP contribution < -0.4 is 15.4 Å². The number of rotatable bonds is 5. The highest BCUT2D eigenvalue weighted by Crippen LogP contribution is 2.26. The van der Waals surface area contributed by atoms with E-state index in [1.165, 1.54) is 0 Å². The Balaban J connectivity index is 2.74. The van der Waals surface area contributed by atoms with Crippen LogP contribution in [-0.2, 0) is 4.74 Å². The standard InChI is InChI=1S/C12H20N2O2/c1-9(15-4)8-16-12-7-10(14(2)3)5-6-11(12)13/h5-7,9H,8,13H2,1-4H3. The molecule has 0 radical (unpaired) electrons. The largest absolute Gasteiger partial charge is 0.489 e. The number of hydrogen-bond donors (Lipinski definition) is 1. The van der Waals surface area contributed by atoms with Gasteiger partial charge in [0.2, 0.25) is 0 Å². The molecule has 0 heterocycles. The second-order valence-electron chi connectivity index (χ2n) is 3.97. The summed E-state index contributed by atoms with van der Waals surface area (Å²) in [5.74, 6) is 0.704. The molecular formula is C12H20N2O2. The van der Waals surface area contributed by atoms with Gasteiger partial charge in [-0.25, -0.2) is 0 Å². The van der Waals surface area contributed by atoms with Gasteiger partial charge in [0.15, 0.2) is 0 Å². The van der Waals surface area contributed by atoms with E-state index in [-0.39, 0.29) is 6.10 Å². The van der Waals surface area contributed by atoms with Gasteiger partial charge in [-0.05, 0) is 19.1 Å². The predicted octanol–water partition coefficient (Wildman–Crippen LogP) is 1.75. The van der Waals surface area contributed by atoms with Crippen molar-refractivity contribution < 1.29 is 9.47 Å². The zero-order chi connectivity index (χ0) is 12.1. The normalized spacial score (nSPS) is 12.2. The lowest BCUT2D eigenvalue weighted by Crippen LogP contribution is -2.17. The van der Waals surface area contributed by atoms with Crippen LogP contribution in [0.5, 0.6) is 5.75 Å². The summed E-state index contributed by atoms with van der Waals surface area (Å²) >= 11 is 0. The second-order valence-corrected chi connectivity index (χ2v) is 3.97. The van der Waals surface area contributed by atoms with E-state index in [9.17, 15) is 0 Å². The Hall–Kier alpha value is -1.42. The van der Waals surface area contributed by atoms with Gasteiger partial charge in [0.05, 0.1) is 11.8 Å². The first-order chi connectivity index (χ1) is 7.54. The molecule has 0 aliphatic carbocycles. The molecule has 0 aliphatic heterocycles. The summed E-state index contributed by atoms with van der Waals surface area (Å²) in [7, 11) is 5.62. The zero-order valence-corrected chi connectivity index (χ0v) is 10.4. The molecule has 0 bridgehead atoms. The van der Waals surface area contributed by atoms with Crippen molar-refractivity contribution in [2.75, 3.05) is 38.4 Å². The maximum Gasteiger partial charge on any atom is 0.144 e. The molecule has 0 saturated carbocycles. The van der Waals surface area contributed by atoms with Crippen LogP contribution in [0.3, 0.4) is 0 Å². The van der Waals surface area contributed by atoms with Crippen LogP contribution in [0.1, 0.15) is 6.92 Å². The Labute approximate surface area is 96.9 Å². The Morgan fingerprint density at radius 3 is 2.62 bits per heavy atom. The quantitative estimate of drug-likeness (QED) is 0.774. The molecule has 0 aliphatic rings. The molecular weight excluding hydrogens is 204 g/mol. The summed E-state index contributed by atoms with van der Waals surface area (Å²) in [5.41, 5.74) is 7.54. The molecule has 2 N–H and O–H groups in total. The maximum absolute atomic E-state index is 5.83. The highest BCUT2D eigenvalue weighted by Gasteiger charge is 2.06. The number of nitrogens with zero attached hydrogens (tertiary/aromatic N) is 1. The van der Waals surface area contributed by atoms with Crippen LogP contribution in [0.4, 0.5) is 11.4 Å². The lowest BCUT2D eigenvalue weighted by Gasteiger charge is -2.17. The van der Waals surface area contributed by atoms with Gasteiger partial charge in [0, 0.05) is 33.0 Å². The van der Waals surface area contributed by atoms with Crippen molar-refractivity contribution in [1.29, 1.82) is 0 Å². The van der Waals surface area contributed by atoms with E-state index in [0.29, 0.717) is 18.0 Å². The molecule has 0 saturated heterocycles. The van der Waals surface area contributed by atoms with E-state index in [1.54, 1.807) is 7.11 Å². The van der Waals surface area contributed by atoms with Gasteiger partial charge >= 0.3 is 0 Å². The number of nitrogen functional groups attached to an aromatic ring is 1. The fraction of sp³-hybridized carbons (Fsp3) is 0.500. The van der Waals surface area contributed by atoms with Crippen LogP contribution in [0.15, 0.2) is 18.2 Å². The molecule has 1 aromatic carbocycles. The summed E-state index contributed by atoms with van der Waals surface area (Å²) in [5, 5.41) is 0. The number of nitrogens with two attached hydrogens (primary N) is 1. The SMILES string of the molecule is COC(C)COc1cc(N(C)C)ccc1N. The third-order valence-electron chi connectivity index (χ3n) is 2.39. The van der Waals surface area contributed by atoms with E-state index >= 15 is 0 Å². The lowest BCUT2D eigenvalue weighted by atomic mass is 10.2. The van der Waals surface area contributed by atoms with Crippen LogP contribution in [0.2, 0.25) is 0 Å². The molecule has 4 nitrogen and oxygen atoms in total. The number of ether oxygens (including phenoxy) is 2. The molecule has 1 aromatic rings. The number of methoxy groups -OCH3 is 1. The summed E-state index contributed by atoms with van der Waals surface area (Å²) in [6.45, 7) is 2.45. The van der Waals surface area contributed by atoms with Crippen LogP contribution >= 0.6 is 0 Å². The third-order valence-corrected chi connectivity index (χ3v) is 2.39. The first-order valence-electron chi connectivity index (χ1n) is 5.27. The van der Waals surface area contributed by atoms with E-state index in [0.717, 1.165) is 5.69 Å². The van der Waals surface area contributed by atoms with Crippen molar-refractivity contribution in [3.63, 3.8) is 0 Å². The van der Waals surface area contributed by atoms with Gasteiger partial charge in [0.1, 0.15) is 12.4 Å². The third kappa shape index (κ3) is 3.31. The number of benzene rings is 1. The minimum Gasteiger partial charge on any atom is -0.489 e. The van der Waals surface area contributed by atoms with Crippen molar-refractivity contribution in [3.8, 4) is 5.75 Å². The Morgan fingerprint density at radius 2 is 2.06 bits per heavy atom. The van der Waals surface area contributed by atoms with Crippen molar-refractivity contribution in [1.82, 2.24) is 0 Å². The average Bonchev–Trinajstić information content (AvgIpc) is 2.27. The van der Waals surface area contributed by atoms with Gasteiger partial charge in [0.25, 0.3) is 0 Å². The Kier molecular flexibility index (Phi) is 4.43. The summed E-state index contributed by atoms with van der Waals surface area (Å²) in [6.07, 6.45) is 0.0578. The topological polar surface area (TPSA) is 47.7 Å². The van der Waals surface area contributed by atoms with Crippen LogP contribution in [0, 0.1) is 0 Å². The minimum atomic E-state index is 0.0578. The molecule has 0 spiro atoms. The fourth-order valence-corrected chi connectivity index (χ4v) is 1.20. The summed E-state index contributed by atoms with van der Waals surface area (Å²) < 4.78 is 10.7. The molecule has 16 heavy (non-hydrogen) atoms. The molecule has 1 atom stereocenters. The second kappa shape index (κ2) is 5.61. The predicted molar refractivity (Wildman–Crippen MR) is 67.1 cm³/mol. The zero-order valence-electron chi connectivity index (χ0n) is 10.4. The summed E-state index contributed by atoms with van der Waals surface area (Å²) in [4.78, 5) is 2.01. The van der Waals surface area contributed by atoms with E-state index in [1.807, 2.05) is 44.1 Å². The summed E-state index contributed by atoms with van der Waals surface area (Å²) in [6, 6.07) is 5.74. The molecule has 0 fully saturated rings. The number of anilines is 2. The average molecular weight is 224 g/mol. The molecule has 0 aromatic heterocycles. The van der Waals surface area contributed by atoms with Gasteiger partial charge in [-0.1, -0.05) is 0 Å². The molecule has 1 unspecified atom stereocenters.